The Hall–Kier alpha value is -1.22. The van der Waals surface area contributed by atoms with Crippen LogP contribution < -0.4 is 5.32 Å². The van der Waals surface area contributed by atoms with Gasteiger partial charge in [-0.3, -0.25) is 4.98 Å². The Kier molecular flexibility index (Phi) is 2.33. The van der Waals surface area contributed by atoms with Gasteiger partial charge in [-0.25, -0.2) is 0 Å². The fourth-order valence-corrected chi connectivity index (χ4v) is 1.59. The van der Waals surface area contributed by atoms with Crippen LogP contribution in [0, 0.1) is 10.8 Å². The molecule has 1 heterocycles. The minimum Gasteiger partial charge on any atom is -0.312 e. The van der Waals surface area contributed by atoms with E-state index >= 15 is 0 Å². The maximum Gasteiger partial charge on any atom is 0.0312 e. The third-order valence-corrected chi connectivity index (χ3v) is 2.88. The van der Waals surface area contributed by atoms with Crippen LogP contribution in [0.4, 0.5) is 0 Å². The van der Waals surface area contributed by atoms with E-state index in [9.17, 15) is 0 Å². The van der Waals surface area contributed by atoms with E-state index in [1.165, 1.54) is 5.56 Å². The molecule has 0 bridgehead atoms. The molecule has 1 fully saturated rings. The monoisotopic (exact) mass is 189 g/mol. The van der Waals surface area contributed by atoms with E-state index in [0.717, 1.165) is 13.0 Å². The molecular formula is C11H15N3. The summed E-state index contributed by atoms with van der Waals surface area (Å²) >= 11 is 0. The molecule has 0 aliphatic heterocycles. The van der Waals surface area contributed by atoms with Gasteiger partial charge >= 0.3 is 0 Å². The number of hydrogen-bond donors (Lipinski definition) is 2. The molecule has 2 atom stereocenters. The molecule has 0 amide bonds. The zero-order chi connectivity index (χ0) is 10.0. The van der Waals surface area contributed by atoms with Crippen LogP contribution in [0.1, 0.15) is 18.9 Å². The number of hydrogen-bond acceptors (Lipinski definition) is 3. The van der Waals surface area contributed by atoms with E-state index in [4.69, 9.17) is 5.41 Å². The number of aromatic nitrogens is 1. The fraction of sp³-hybridized carbons (Fsp3) is 0.455. The summed E-state index contributed by atoms with van der Waals surface area (Å²) in [7, 11) is 0. The van der Waals surface area contributed by atoms with Gasteiger partial charge in [-0.1, -0.05) is 13.0 Å². The lowest BCUT2D eigenvalue weighted by molar-refractivity contribution is 0.614. The molecule has 1 aromatic rings. The molecule has 3 heteroatoms. The first kappa shape index (κ1) is 9.34. The molecule has 1 aliphatic carbocycles. The van der Waals surface area contributed by atoms with E-state index in [1.54, 1.807) is 12.4 Å². The number of pyridine rings is 1. The Bertz CT molecular complexity index is 323. The highest BCUT2D eigenvalue weighted by atomic mass is 15.0. The lowest BCUT2D eigenvalue weighted by Gasteiger charge is -2.05. The first-order valence-electron chi connectivity index (χ1n) is 4.88. The van der Waals surface area contributed by atoms with Crippen LogP contribution in [-0.4, -0.2) is 17.2 Å². The lowest BCUT2D eigenvalue weighted by Crippen LogP contribution is -2.21. The second kappa shape index (κ2) is 3.50. The molecule has 14 heavy (non-hydrogen) atoms. The standard InChI is InChI=1S/C11H15N3/c1-11(8-12)5-10(11)14-7-9-3-2-4-13-6-9/h2-4,6,8,10,12,14H,5,7H2,1H3. The molecule has 3 nitrogen and oxygen atoms in total. The van der Waals surface area contributed by atoms with Gasteiger partial charge in [0.25, 0.3) is 0 Å². The van der Waals surface area contributed by atoms with Gasteiger partial charge in [0.15, 0.2) is 0 Å². The van der Waals surface area contributed by atoms with Crippen molar-refractivity contribution in [2.24, 2.45) is 5.41 Å². The van der Waals surface area contributed by atoms with Gasteiger partial charge in [-0.15, -0.1) is 0 Å². The normalized spacial score (nSPS) is 29.9. The molecule has 1 aliphatic rings. The van der Waals surface area contributed by atoms with Crippen LogP contribution >= 0.6 is 0 Å². The van der Waals surface area contributed by atoms with Crippen LogP contribution in [0.3, 0.4) is 0 Å². The topological polar surface area (TPSA) is 48.8 Å². The first-order chi connectivity index (χ1) is 6.74. The van der Waals surface area contributed by atoms with Crippen molar-refractivity contribution < 1.29 is 0 Å². The lowest BCUT2D eigenvalue weighted by atomic mass is 10.1. The van der Waals surface area contributed by atoms with Crippen molar-refractivity contribution in [3.63, 3.8) is 0 Å². The second-order valence-corrected chi connectivity index (χ2v) is 4.15. The second-order valence-electron chi connectivity index (χ2n) is 4.15. The molecule has 0 radical (unpaired) electrons. The Labute approximate surface area is 84.1 Å². The Morgan fingerprint density at radius 3 is 3.21 bits per heavy atom. The van der Waals surface area contributed by atoms with Crippen LogP contribution in [0.5, 0.6) is 0 Å². The highest BCUT2D eigenvalue weighted by Crippen LogP contribution is 2.43. The summed E-state index contributed by atoms with van der Waals surface area (Å²) in [5.41, 5.74) is 1.30. The molecule has 0 aromatic carbocycles. The molecule has 1 saturated carbocycles. The minimum atomic E-state index is 0.0994. The Balaban J connectivity index is 1.83. The van der Waals surface area contributed by atoms with E-state index in [2.05, 4.69) is 23.3 Å². The zero-order valence-corrected chi connectivity index (χ0v) is 8.33. The highest BCUT2D eigenvalue weighted by Gasteiger charge is 2.47. The van der Waals surface area contributed by atoms with E-state index in [-0.39, 0.29) is 5.41 Å². The third-order valence-electron chi connectivity index (χ3n) is 2.88. The Morgan fingerprint density at radius 2 is 2.64 bits per heavy atom. The van der Waals surface area contributed by atoms with Crippen LogP contribution in [-0.2, 0) is 6.54 Å². The summed E-state index contributed by atoms with van der Waals surface area (Å²) in [4.78, 5) is 4.05. The average molecular weight is 189 g/mol. The Morgan fingerprint density at radius 1 is 1.79 bits per heavy atom. The van der Waals surface area contributed by atoms with Crippen molar-refractivity contribution >= 4 is 6.21 Å². The van der Waals surface area contributed by atoms with Gasteiger partial charge in [0.1, 0.15) is 0 Å². The van der Waals surface area contributed by atoms with E-state index in [1.807, 2.05) is 12.3 Å². The van der Waals surface area contributed by atoms with Crippen molar-refractivity contribution in [2.75, 3.05) is 0 Å². The van der Waals surface area contributed by atoms with E-state index < -0.39 is 0 Å². The van der Waals surface area contributed by atoms with Gasteiger partial charge in [0, 0.05) is 36.6 Å². The summed E-state index contributed by atoms with van der Waals surface area (Å²) < 4.78 is 0. The summed E-state index contributed by atoms with van der Waals surface area (Å²) in [6.07, 6.45) is 6.28. The van der Waals surface area contributed by atoms with E-state index in [0.29, 0.717) is 6.04 Å². The van der Waals surface area contributed by atoms with Crippen molar-refractivity contribution in [2.45, 2.75) is 25.9 Å². The predicted octanol–water partition coefficient (Wildman–Crippen LogP) is 1.60. The maximum atomic E-state index is 7.25. The smallest absolute Gasteiger partial charge is 0.0312 e. The summed E-state index contributed by atoms with van der Waals surface area (Å²) in [5, 5.41) is 10.7. The molecule has 2 N–H and O–H groups in total. The van der Waals surface area contributed by atoms with Gasteiger partial charge in [0.2, 0.25) is 0 Å². The highest BCUT2D eigenvalue weighted by molar-refractivity contribution is 5.67. The summed E-state index contributed by atoms with van der Waals surface area (Å²) in [5.74, 6) is 0. The predicted molar refractivity (Wildman–Crippen MR) is 56.4 cm³/mol. The average Bonchev–Trinajstić information content (AvgIpc) is 2.90. The number of nitrogens with zero attached hydrogens (tertiary/aromatic N) is 1. The third kappa shape index (κ3) is 1.82. The maximum absolute atomic E-state index is 7.25. The molecule has 0 saturated heterocycles. The zero-order valence-electron chi connectivity index (χ0n) is 8.33. The van der Waals surface area contributed by atoms with Crippen LogP contribution in [0.25, 0.3) is 0 Å². The van der Waals surface area contributed by atoms with Crippen molar-refractivity contribution in [1.29, 1.82) is 5.41 Å². The van der Waals surface area contributed by atoms with Crippen molar-refractivity contribution in [1.82, 2.24) is 10.3 Å². The molecule has 2 rings (SSSR count). The largest absolute Gasteiger partial charge is 0.312 e. The molecule has 0 spiro atoms. The van der Waals surface area contributed by atoms with Gasteiger partial charge in [-0.05, 0) is 18.1 Å². The van der Waals surface area contributed by atoms with Crippen LogP contribution in [0.15, 0.2) is 24.5 Å². The summed E-state index contributed by atoms with van der Waals surface area (Å²) in [6.45, 7) is 2.96. The van der Waals surface area contributed by atoms with Crippen molar-refractivity contribution in [3.05, 3.63) is 30.1 Å². The number of nitrogens with one attached hydrogen (secondary N) is 2. The van der Waals surface area contributed by atoms with Gasteiger partial charge in [0.05, 0.1) is 0 Å². The van der Waals surface area contributed by atoms with Crippen molar-refractivity contribution in [3.8, 4) is 0 Å². The number of rotatable bonds is 4. The summed E-state index contributed by atoms with van der Waals surface area (Å²) in [6, 6.07) is 4.48. The van der Waals surface area contributed by atoms with Gasteiger partial charge in [-0.2, -0.15) is 0 Å². The molecule has 1 aromatic heterocycles. The molecular weight excluding hydrogens is 174 g/mol. The quantitative estimate of drug-likeness (QED) is 0.707. The first-order valence-corrected chi connectivity index (χ1v) is 4.88. The molecule has 74 valence electrons. The fourth-order valence-electron chi connectivity index (χ4n) is 1.59. The minimum absolute atomic E-state index is 0.0994. The molecule has 2 unspecified atom stereocenters. The SMILES string of the molecule is CC1(C=N)CC1NCc1cccnc1. The van der Waals surface area contributed by atoms with Crippen LogP contribution in [0.2, 0.25) is 0 Å². The van der Waals surface area contributed by atoms with Gasteiger partial charge < -0.3 is 10.7 Å².